The van der Waals surface area contributed by atoms with Crippen LogP contribution >= 0.6 is 0 Å². The largest absolute Gasteiger partial charge is 0.460 e. The number of carbonyl (C=O) groups excluding carboxylic acids is 2. The highest BCUT2D eigenvalue weighted by molar-refractivity contribution is 5.81. The van der Waals surface area contributed by atoms with Crippen molar-refractivity contribution in [2.45, 2.75) is 52.7 Å². The molecule has 0 radical (unpaired) electrons. The van der Waals surface area contributed by atoms with Gasteiger partial charge in [0.05, 0.1) is 5.92 Å². The van der Waals surface area contributed by atoms with E-state index < -0.39 is 35.1 Å². The third kappa shape index (κ3) is 5.54. The first kappa shape index (κ1) is 18.3. The average Bonchev–Trinajstić information content (AvgIpc) is 2.69. The SMILES string of the molecule is CC(C)(C)OC(=O)[C@H]1CN(C(=O)OC(C)(C)C)C[C@@H]1/C=N/O. The molecule has 1 fully saturated rings. The summed E-state index contributed by atoms with van der Waals surface area (Å²) in [6.07, 6.45) is 0.772. The predicted octanol–water partition coefficient (Wildman–Crippen LogP) is 2.27. The Labute approximate surface area is 131 Å². The summed E-state index contributed by atoms with van der Waals surface area (Å²) < 4.78 is 10.7. The van der Waals surface area contributed by atoms with Crippen LogP contribution < -0.4 is 0 Å². The molecule has 0 saturated carbocycles. The third-order valence-electron chi connectivity index (χ3n) is 2.98. The highest BCUT2D eigenvalue weighted by Gasteiger charge is 2.42. The Morgan fingerprint density at radius 1 is 1.09 bits per heavy atom. The van der Waals surface area contributed by atoms with Crippen LogP contribution in [-0.2, 0) is 14.3 Å². The first-order chi connectivity index (χ1) is 9.93. The second-order valence-corrected chi connectivity index (χ2v) is 7.45. The summed E-state index contributed by atoms with van der Waals surface area (Å²) in [5.74, 6) is -1.38. The number of amides is 1. The number of ether oxygens (including phenoxy) is 2. The molecule has 1 rings (SSSR count). The molecule has 2 atom stereocenters. The summed E-state index contributed by atoms with van der Waals surface area (Å²) in [6, 6.07) is 0. The van der Waals surface area contributed by atoms with Crippen LogP contribution in [0.2, 0.25) is 0 Å². The maximum atomic E-state index is 12.3. The minimum absolute atomic E-state index is 0.181. The lowest BCUT2D eigenvalue weighted by Gasteiger charge is -2.25. The smallest absolute Gasteiger partial charge is 0.410 e. The number of nitrogens with zero attached hydrogens (tertiary/aromatic N) is 2. The molecule has 0 aromatic rings. The number of oxime groups is 1. The van der Waals surface area contributed by atoms with E-state index in [9.17, 15) is 9.59 Å². The van der Waals surface area contributed by atoms with Crippen LogP contribution in [0.25, 0.3) is 0 Å². The van der Waals surface area contributed by atoms with Crippen LogP contribution in [-0.4, -0.2) is 52.7 Å². The predicted molar refractivity (Wildman–Crippen MR) is 80.9 cm³/mol. The Bertz CT molecular complexity index is 448. The van der Waals surface area contributed by atoms with E-state index in [-0.39, 0.29) is 13.1 Å². The van der Waals surface area contributed by atoms with Gasteiger partial charge in [0.1, 0.15) is 11.2 Å². The lowest BCUT2D eigenvalue weighted by atomic mass is 9.97. The standard InChI is InChI=1S/C15H26N2O5/c1-14(2,3)21-12(18)11-9-17(8-10(11)7-16-20)13(19)22-15(4,5)6/h7,10-11,20H,8-9H2,1-6H3/b16-7+/t10-,11-/m0/s1. The van der Waals surface area contributed by atoms with Crippen LogP contribution in [0, 0.1) is 11.8 Å². The van der Waals surface area contributed by atoms with E-state index in [0.29, 0.717) is 0 Å². The summed E-state index contributed by atoms with van der Waals surface area (Å²) >= 11 is 0. The van der Waals surface area contributed by atoms with Crippen LogP contribution in [0.4, 0.5) is 4.79 Å². The van der Waals surface area contributed by atoms with Crippen LogP contribution in [0.1, 0.15) is 41.5 Å². The molecule has 1 aliphatic rings. The lowest BCUT2D eigenvalue weighted by Crippen LogP contribution is -2.36. The van der Waals surface area contributed by atoms with Crippen molar-refractivity contribution >= 4 is 18.3 Å². The Hall–Kier alpha value is -1.79. The van der Waals surface area contributed by atoms with Gasteiger partial charge in [-0.3, -0.25) is 4.79 Å². The fourth-order valence-corrected chi connectivity index (χ4v) is 2.17. The van der Waals surface area contributed by atoms with Gasteiger partial charge in [-0.15, -0.1) is 5.16 Å². The summed E-state index contributed by atoms with van der Waals surface area (Å²) in [7, 11) is 0. The summed E-state index contributed by atoms with van der Waals surface area (Å²) in [5.41, 5.74) is -1.22. The third-order valence-corrected chi connectivity index (χ3v) is 2.98. The number of hydrogen-bond acceptors (Lipinski definition) is 6. The lowest BCUT2D eigenvalue weighted by molar-refractivity contribution is -0.160. The van der Waals surface area contributed by atoms with Crippen LogP contribution in [0.5, 0.6) is 0 Å². The van der Waals surface area contributed by atoms with Gasteiger partial charge in [0.2, 0.25) is 0 Å². The zero-order chi connectivity index (χ0) is 17.1. The molecule has 0 unspecified atom stereocenters. The summed E-state index contributed by atoms with van der Waals surface area (Å²) in [4.78, 5) is 25.8. The topological polar surface area (TPSA) is 88.4 Å². The molecule has 7 heteroatoms. The highest BCUT2D eigenvalue weighted by atomic mass is 16.6. The highest BCUT2D eigenvalue weighted by Crippen LogP contribution is 2.27. The van der Waals surface area contributed by atoms with E-state index in [0.717, 1.165) is 0 Å². The fraction of sp³-hybridized carbons (Fsp3) is 0.800. The van der Waals surface area contributed by atoms with E-state index in [1.165, 1.54) is 11.1 Å². The molecule has 1 aliphatic heterocycles. The van der Waals surface area contributed by atoms with Crippen molar-refractivity contribution < 1.29 is 24.3 Å². The van der Waals surface area contributed by atoms with Crippen LogP contribution in [0.15, 0.2) is 5.16 Å². The van der Waals surface area contributed by atoms with Gasteiger partial charge in [0, 0.05) is 25.2 Å². The van der Waals surface area contributed by atoms with Gasteiger partial charge in [-0.2, -0.15) is 0 Å². The molecule has 0 aromatic carbocycles. The quantitative estimate of drug-likeness (QED) is 0.365. The fourth-order valence-electron chi connectivity index (χ4n) is 2.17. The zero-order valence-corrected chi connectivity index (χ0v) is 14.1. The van der Waals surface area contributed by atoms with Crippen molar-refractivity contribution in [1.82, 2.24) is 4.90 Å². The summed E-state index contributed by atoms with van der Waals surface area (Å²) in [6.45, 7) is 11.1. The molecule has 7 nitrogen and oxygen atoms in total. The Morgan fingerprint density at radius 3 is 2.09 bits per heavy atom. The van der Waals surface area contributed by atoms with Crippen molar-refractivity contribution in [3.63, 3.8) is 0 Å². The Kier molecular flexibility index (Phi) is 5.43. The number of rotatable bonds is 2. The molecular formula is C15H26N2O5. The number of hydrogen-bond donors (Lipinski definition) is 1. The second kappa shape index (κ2) is 6.54. The maximum absolute atomic E-state index is 12.3. The maximum Gasteiger partial charge on any atom is 0.410 e. The molecule has 1 heterocycles. The molecular weight excluding hydrogens is 288 g/mol. The zero-order valence-electron chi connectivity index (χ0n) is 14.1. The molecule has 0 aromatic heterocycles. The number of likely N-dealkylation sites (tertiary alicyclic amines) is 1. The van der Waals surface area contributed by atoms with E-state index in [4.69, 9.17) is 14.7 Å². The molecule has 0 spiro atoms. The van der Waals surface area contributed by atoms with Crippen molar-refractivity contribution in [2.75, 3.05) is 13.1 Å². The monoisotopic (exact) mass is 314 g/mol. The number of esters is 1. The van der Waals surface area contributed by atoms with Crippen molar-refractivity contribution in [1.29, 1.82) is 0 Å². The van der Waals surface area contributed by atoms with E-state index >= 15 is 0 Å². The average molecular weight is 314 g/mol. The normalized spacial score (nSPS) is 22.9. The van der Waals surface area contributed by atoms with Crippen molar-refractivity contribution in [3.8, 4) is 0 Å². The minimum atomic E-state index is -0.614. The molecule has 1 saturated heterocycles. The van der Waals surface area contributed by atoms with Gasteiger partial charge in [-0.1, -0.05) is 0 Å². The van der Waals surface area contributed by atoms with Crippen molar-refractivity contribution in [2.24, 2.45) is 17.0 Å². The Balaban J connectivity index is 2.81. The Morgan fingerprint density at radius 2 is 1.64 bits per heavy atom. The van der Waals surface area contributed by atoms with E-state index in [2.05, 4.69) is 5.16 Å². The van der Waals surface area contributed by atoms with E-state index in [1.807, 2.05) is 0 Å². The van der Waals surface area contributed by atoms with Crippen LogP contribution in [0.3, 0.4) is 0 Å². The van der Waals surface area contributed by atoms with Crippen molar-refractivity contribution in [3.05, 3.63) is 0 Å². The van der Waals surface area contributed by atoms with Gasteiger partial charge in [0.25, 0.3) is 0 Å². The molecule has 22 heavy (non-hydrogen) atoms. The molecule has 0 bridgehead atoms. The molecule has 0 aliphatic carbocycles. The van der Waals surface area contributed by atoms with Gasteiger partial charge in [0.15, 0.2) is 0 Å². The first-order valence-corrected chi connectivity index (χ1v) is 7.31. The molecule has 1 N–H and O–H groups in total. The summed E-state index contributed by atoms with van der Waals surface area (Å²) in [5, 5.41) is 11.8. The first-order valence-electron chi connectivity index (χ1n) is 7.31. The van der Waals surface area contributed by atoms with E-state index in [1.54, 1.807) is 41.5 Å². The number of carbonyl (C=O) groups is 2. The minimum Gasteiger partial charge on any atom is -0.460 e. The second-order valence-electron chi connectivity index (χ2n) is 7.45. The van der Waals surface area contributed by atoms with Gasteiger partial charge < -0.3 is 19.6 Å². The van der Waals surface area contributed by atoms with Gasteiger partial charge in [-0.05, 0) is 41.5 Å². The molecule has 126 valence electrons. The molecule has 1 amide bonds. The van der Waals surface area contributed by atoms with Gasteiger partial charge >= 0.3 is 12.1 Å². The van der Waals surface area contributed by atoms with Gasteiger partial charge in [-0.25, -0.2) is 4.79 Å².